The van der Waals surface area contributed by atoms with Gasteiger partial charge in [0.05, 0.1) is 24.2 Å². The van der Waals surface area contributed by atoms with Crippen molar-refractivity contribution in [3.8, 4) is 0 Å². The minimum absolute atomic E-state index is 0.113. The number of carboxylic acids is 1. The maximum atomic E-state index is 11.6. The molecule has 0 aliphatic heterocycles. The third-order valence-electron chi connectivity index (χ3n) is 11.2. The average Bonchev–Trinajstić information content (AvgIpc) is 3.08. The van der Waals surface area contributed by atoms with Gasteiger partial charge >= 0.3 is 5.97 Å². The minimum Gasteiger partial charge on any atom is -0.481 e. The lowest BCUT2D eigenvalue weighted by Crippen LogP contribution is -2.62. The molecule has 1 unspecified atom stereocenters. The molecular formula is C27H46O5. The summed E-state index contributed by atoms with van der Waals surface area (Å²) in [5.74, 6) is 1.16. The normalized spacial score (nSPS) is 50.1. The number of hydrogen-bond acceptors (Lipinski definition) is 4. The van der Waals surface area contributed by atoms with Gasteiger partial charge in [0.1, 0.15) is 0 Å². The molecule has 0 saturated heterocycles. The van der Waals surface area contributed by atoms with Crippen molar-refractivity contribution in [2.75, 3.05) is 0 Å². The molecule has 0 heterocycles. The quantitative estimate of drug-likeness (QED) is 0.478. The summed E-state index contributed by atoms with van der Waals surface area (Å²) in [5.41, 5.74) is -0.0561. The molecule has 5 nitrogen and oxygen atoms in total. The fourth-order valence-electron chi connectivity index (χ4n) is 9.20. The number of aliphatic hydroxyl groups excluding tert-OH is 3. The molecule has 0 bridgehead atoms. The van der Waals surface area contributed by atoms with Gasteiger partial charge in [0.15, 0.2) is 0 Å². The molecule has 0 amide bonds. The number of fused-ring (bicyclic) bond motifs is 5. The van der Waals surface area contributed by atoms with E-state index < -0.39 is 5.97 Å². The Balaban J connectivity index is 1.51. The van der Waals surface area contributed by atoms with E-state index >= 15 is 0 Å². The highest BCUT2D eigenvalue weighted by Gasteiger charge is 2.65. The second-order valence-corrected chi connectivity index (χ2v) is 12.7. The van der Waals surface area contributed by atoms with Crippen LogP contribution in [-0.2, 0) is 4.79 Å². The highest BCUT2D eigenvalue weighted by molar-refractivity contribution is 5.69. The molecule has 0 aromatic heterocycles. The Morgan fingerprint density at radius 1 is 0.969 bits per heavy atom. The number of aliphatic hydroxyl groups is 3. The third-order valence-corrected chi connectivity index (χ3v) is 11.2. The van der Waals surface area contributed by atoms with Crippen molar-refractivity contribution in [1.82, 2.24) is 0 Å². The average molecular weight is 451 g/mol. The van der Waals surface area contributed by atoms with Gasteiger partial charge < -0.3 is 20.4 Å². The molecule has 0 aromatic carbocycles. The maximum absolute atomic E-state index is 11.6. The maximum Gasteiger partial charge on any atom is 0.306 e. The molecule has 12 atom stereocenters. The zero-order chi connectivity index (χ0) is 23.4. The number of rotatable bonds is 6. The van der Waals surface area contributed by atoms with E-state index in [4.69, 9.17) is 0 Å². The largest absolute Gasteiger partial charge is 0.481 e. The van der Waals surface area contributed by atoms with Crippen LogP contribution in [-0.4, -0.2) is 44.7 Å². The fourth-order valence-corrected chi connectivity index (χ4v) is 9.20. The zero-order valence-electron chi connectivity index (χ0n) is 20.5. The Labute approximate surface area is 194 Å². The molecule has 4 fully saturated rings. The molecule has 4 saturated carbocycles. The molecule has 32 heavy (non-hydrogen) atoms. The van der Waals surface area contributed by atoms with Crippen LogP contribution in [0.4, 0.5) is 0 Å². The summed E-state index contributed by atoms with van der Waals surface area (Å²) < 4.78 is 0. The second kappa shape index (κ2) is 8.85. The van der Waals surface area contributed by atoms with Crippen LogP contribution in [0.3, 0.4) is 0 Å². The van der Waals surface area contributed by atoms with E-state index in [2.05, 4.69) is 20.8 Å². The fraction of sp³-hybridized carbons (Fsp3) is 0.963. The van der Waals surface area contributed by atoms with E-state index in [0.717, 1.165) is 57.8 Å². The number of aliphatic carboxylic acids is 1. The summed E-state index contributed by atoms with van der Waals surface area (Å²) in [7, 11) is 0. The molecule has 5 heteroatoms. The van der Waals surface area contributed by atoms with Crippen molar-refractivity contribution in [2.45, 2.75) is 110 Å². The first kappa shape index (κ1) is 24.5. The summed E-state index contributed by atoms with van der Waals surface area (Å²) in [4.78, 5) is 11.2. The van der Waals surface area contributed by atoms with Gasteiger partial charge in [-0.2, -0.15) is 0 Å². The van der Waals surface area contributed by atoms with Gasteiger partial charge in [-0.25, -0.2) is 0 Å². The molecule has 184 valence electrons. The number of hydrogen-bond donors (Lipinski definition) is 4. The third kappa shape index (κ3) is 3.84. The van der Waals surface area contributed by atoms with E-state index in [1.165, 1.54) is 0 Å². The van der Waals surface area contributed by atoms with Gasteiger partial charge in [-0.15, -0.1) is 0 Å². The molecule has 4 aliphatic carbocycles. The topological polar surface area (TPSA) is 98.0 Å². The monoisotopic (exact) mass is 450 g/mol. The van der Waals surface area contributed by atoms with E-state index in [1.54, 1.807) is 6.92 Å². The van der Waals surface area contributed by atoms with E-state index in [9.17, 15) is 25.2 Å². The molecule has 4 rings (SSSR count). The number of carbonyl (C=O) groups is 1. The van der Waals surface area contributed by atoms with Crippen molar-refractivity contribution < 1.29 is 25.2 Å². The van der Waals surface area contributed by atoms with Crippen molar-refractivity contribution in [1.29, 1.82) is 0 Å². The summed E-state index contributed by atoms with van der Waals surface area (Å²) >= 11 is 0. The lowest BCUT2D eigenvalue weighted by Gasteiger charge is -2.63. The Morgan fingerprint density at radius 3 is 2.38 bits per heavy atom. The van der Waals surface area contributed by atoms with Gasteiger partial charge in [-0.05, 0) is 97.7 Å². The minimum atomic E-state index is -0.715. The summed E-state index contributed by atoms with van der Waals surface area (Å²) in [6.07, 6.45) is 8.11. The highest BCUT2D eigenvalue weighted by Crippen LogP contribution is 2.68. The van der Waals surface area contributed by atoms with E-state index in [-0.39, 0.29) is 41.0 Å². The summed E-state index contributed by atoms with van der Waals surface area (Å²) in [6.45, 7) is 8.74. The molecule has 0 spiro atoms. The van der Waals surface area contributed by atoms with Crippen LogP contribution < -0.4 is 0 Å². The van der Waals surface area contributed by atoms with Crippen molar-refractivity contribution in [3.05, 3.63) is 0 Å². The molecule has 0 radical (unpaired) electrons. The smallest absolute Gasteiger partial charge is 0.306 e. The van der Waals surface area contributed by atoms with Crippen LogP contribution in [0.2, 0.25) is 0 Å². The lowest BCUT2D eigenvalue weighted by molar-refractivity contribution is -0.207. The standard InChI is InChI=1S/C27H46O5/c1-15(6-5-7-16(2)25(31)32)19-8-9-20-24-21(14-23(30)27(19,20)4)26(3)11-10-18(28)12-17(26)13-22(24)29/h15-24,28-30H,5-14H2,1-4H3,(H,31,32)/t15-,16?,17-,18-,19-,20+,21+,22-,23+,24+,26+,27-/m1/s1. The predicted octanol–water partition coefficient (Wildman–Crippen LogP) is 4.47. The Morgan fingerprint density at radius 2 is 1.69 bits per heavy atom. The van der Waals surface area contributed by atoms with Crippen LogP contribution >= 0.6 is 0 Å². The van der Waals surface area contributed by atoms with Crippen LogP contribution in [0.15, 0.2) is 0 Å². The molecule has 4 aliphatic rings. The number of carboxylic acid groups (broad SMARTS) is 1. The molecule has 0 aromatic rings. The highest BCUT2D eigenvalue weighted by atomic mass is 16.4. The van der Waals surface area contributed by atoms with Gasteiger partial charge in [0.2, 0.25) is 0 Å². The van der Waals surface area contributed by atoms with Gasteiger partial charge in [-0.3, -0.25) is 4.79 Å². The molecule has 4 N–H and O–H groups in total. The zero-order valence-corrected chi connectivity index (χ0v) is 20.5. The van der Waals surface area contributed by atoms with Crippen LogP contribution in [0.5, 0.6) is 0 Å². The first-order valence-corrected chi connectivity index (χ1v) is 13.3. The van der Waals surface area contributed by atoms with Gasteiger partial charge in [0.25, 0.3) is 0 Å². The van der Waals surface area contributed by atoms with Gasteiger partial charge in [-0.1, -0.05) is 40.5 Å². The first-order chi connectivity index (χ1) is 15.0. The SMILES string of the molecule is CC(CCC[C@@H](C)[C@H]1CC[C@H]2[C@@H]3[C@H](O)C[C@H]4C[C@H](O)CC[C@]4(C)[C@H]3C[C@H](O)[C@]12C)C(=O)O. The van der Waals surface area contributed by atoms with Crippen molar-refractivity contribution >= 4 is 5.97 Å². The van der Waals surface area contributed by atoms with Gasteiger partial charge in [0, 0.05) is 0 Å². The van der Waals surface area contributed by atoms with Crippen LogP contribution in [0.1, 0.15) is 91.9 Å². The first-order valence-electron chi connectivity index (χ1n) is 13.3. The summed E-state index contributed by atoms with van der Waals surface area (Å²) in [5, 5.41) is 42.4. The second-order valence-electron chi connectivity index (χ2n) is 12.7. The molecular weight excluding hydrogens is 404 g/mol. The lowest BCUT2D eigenvalue weighted by atomic mass is 9.43. The van der Waals surface area contributed by atoms with E-state index in [0.29, 0.717) is 36.0 Å². The Kier molecular flexibility index (Phi) is 6.77. The predicted molar refractivity (Wildman–Crippen MR) is 124 cm³/mol. The van der Waals surface area contributed by atoms with Crippen molar-refractivity contribution in [3.63, 3.8) is 0 Å². The Bertz CT molecular complexity index is 696. The van der Waals surface area contributed by atoms with E-state index in [1.807, 2.05) is 0 Å². The van der Waals surface area contributed by atoms with Crippen molar-refractivity contribution in [2.24, 2.45) is 52.3 Å². The Hall–Kier alpha value is -0.650. The van der Waals surface area contributed by atoms with Crippen LogP contribution in [0, 0.1) is 52.3 Å². The summed E-state index contributed by atoms with van der Waals surface area (Å²) in [6, 6.07) is 0. The van der Waals surface area contributed by atoms with Crippen LogP contribution in [0.25, 0.3) is 0 Å².